The molecule has 10 heteroatoms. The Bertz CT molecular complexity index is 1980. The monoisotopic (exact) mass is 727 g/mol. The highest BCUT2D eigenvalue weighted by atomic mass is 35.5. The Morgan fingerprint density at radius 3 is 1.98 bits per heavy atom. The first kappa shape index (κ1) is 35.7. The lowest BCUT2D eigenvalue weighted by molar-refractivity contribution is -0.191. The van der Waals surface area contributed by atoms with E-state index in [2.05, 4.69) is 5.32 Å². The van der Waals surface area contributed by atoms with E-state index in [0.717, 1.165) is 27.8 Å². The van der Waals surface area contributed by atoms with E-state index in [-0.39, 0.29) is 37.4 Å². The SMILES string of the molecule is O=C1[C@H](Cc2ccc(OCc3ccccc3)cc2)N2C(=O)CN(Cc3ccccc3)N(C(=O)NCc3ccccc3)[C@H]2CN1CCc1ccc(Cl)cc1. The summed E-state index contributed by atoms with van der Waals surface area (Å²) in [6.07, 6.45) is 0.157. The maximum Gasteiger partial charge on any atom is 0.334 e. The zero-order chi connectivity index (χ0) is 36.6. The Labute approximate surface area is 315 Å². The van der Waals surface area contributed by atoms with Gasteiger partial charge in [0.25, 0.3) is 0 Å². The predicted molar refractivity (Wildman–Crippen MR) is 204 cm³/mol. The van der Waals surface area contributed by atoms with Gasteiger partial charge in [-0.25, -0.2) is 14.8 Å². The fraction of sp³-hybridized carbons (Fsp3) is 0.233. The average molecular weight is 728 g/mol. The molecule has 0 unspecified atom stereocenters. The van der Waals surface area contributed by atoms with Crippen molar-refractivity contribution in [1.82, 2.24) is 25.1 Å². The number of benzene rings is 5. The van der Waals surface area contributed by atoms with Gasteiger partial charge in [-0.1, -0.05) is 127 Å². The summed E-state index contributed by atoms with van der Waals surface area (Å²) in [6.45, 7) is 1.65. The third-order valence-electron chi connectivity index (χ3n) is 9.72. The highest BCUT2D eigenvalue weighted by Gasteiger charge is 2.51. The fourth-order valence-corrected chi connectivity index (χ4v) is 7.11. The van der Waals surface area contributed by atoms with Crippen molar-refractivity contribution in [1.29, 1.82) is 0 Å². The Hall–Kier alpha value is -5.64. The number of fused-ring (bicyclic) bond motifs is 1. The molecule has 7 rings (SSSR count). The van der Waals surface area contributed by atoms with Crippen LogP contribution in [0.4, 0.5) is 4.79 Å². The molecule has 0 aromatic heterocycles. The minimum Gasteiger partial charge on any atom is -0.489 e. The number of nitrogens with one attached hydrogen (secondary N) is 1. The van der Waals surface area contributed by atoms with E-state index in [9.17, 15) is 14.4 Å². The Morgan fingerprint density at radius 1 is 0.717 bits per heavy atom. The van der Waals surface area contributed by atoms with Gasteiger partial charge in [0.15, 0.2) is 0 Å². The first-order valence-electron chi connectivity index (χ1n) is 17.9. The summed E-state index contributed by atoms with van der Waals surface area (Å²) >= 11 is 6.15. The van der Waals surface area contributed by atoms with Crippen LogP contribution >= 0.6 is 11.6 Å². The number of hydrogen-bond acceptors (Lipinski definition) is 5. The van der Waals surface area contributed by atoms with Crippen LogP contribution in [-0.2, 0) is 42.1 Å². The highest BCUT2D eigenvalue weighted by molar-refractivity contribution is 6.30. The summed E-state index contributed by atoms with van der Waals surface area (Å²) < 4.78 is 6.01. The lowest BCUT2D eigenvalue weighted by Crippen LogP contribution is -2.76. The maximum atomic E-state index is 14.4. The van der Waals surface area contributed by atoms with Crippen molar-refractivity contribution in [3.63, 3.8) is 0 Å². The van der Waals surface area contributed by atoms with Crippen molar-refractivity contribution in [3.8, 4) is 5.75 Å². The quantitative estimate of drug-likeness (QED) is 0.155. The molecular weight excluding hydrogens is 686 g/mol. The number of amides is 4. The zero-order valence-electron chi connectivity index (χ0n) is 29.4. The van der Waals surface area contributed by atoms with Gasteiger partial charge in [-0.3, -0.25) is 9.59 Å². The average Bonchev–Trinajstić information content (AvgIpc) is 3.19. The highest BCUT2D eigenvalue weighted by Crippen LogP contribution is 2.30. The van der Waals surface area contributed by atoms with E-state index >= 15 is 0 Å². The first-order valence-corrected chi connectivity index (χ1v) is 18.3. The molecule has 0 radical (unpaired) electrons. The minimum atomic E-state index is -0.814. The number of ether oxygens (including phenoxy) is 1. The number of rotatable bonds is 12. The summed E-state index contributed by atoms with van der Waals surface area (Å²) in [5.41, 5.74) is 4.91. The standard InChI is InChI=1S/C43H42ClN5O4/c44-37-20-16-32(17-21-37)24-25-46-29-40-48(39(42(46)51)26-33-18-22-38(23-19-33)53-31-36-14-8-3-9-15-36)41(50)30-47(28-35-12-6-2-7-13-35)49(40)43(52)45-27-34-10-4-1-5-11-34/h1-23,39-40H,24-31H2,(H,45,52)/t39-,40-/m0/s1. The van der Waals surface area contributed by atoms with Gasteiger partial charge >= 0.3 is 6.03 Å². The molecule has 2 heterocycles. The van der Waals surface area contributed by atoms with Crippen molar-refractivity contribution in [3.05, 3.63) is 172 Å². The van der Waals surface area contributed by atoms with Crippen LogP contribution in [0.25, 0.3) is 0 Å². The molecule has 5 aromatic carbocycles. The van der Waals surface area contributed by atoms with Gasteiger partial charge in [0, 0.05) is 31.1 Å². The number of hydrogen-bond donors (Lipinski definition) is 1. The van der Waals surface area contributed by atoms with Gasteiger partial charge in [-0.2, -0.15) is 0 Å². The number of urea groups is 1. The van der Waals surface area contributed by atoms with Crippen LogP contribution in [0.1, 0.15) is 27.8 Å². The number of hydrazine groups is 1. The van der Waals surface area contributed by atoms with E-state index in [1.807, 2.05) is 145 Å². The van der Waals surface area contributed by atoms with Crippen molar-refractivity contribution < 1.29 is 19.1 Å². The lowest BCUT2D eigenvalue weighted by atomic mass is 9.98. The number of carbonyl (C=O) groups excluding carboxylic acids is 3. The second kappa shape index (κ2) is 16.8. The number of carbonyl (C=O) groups is 3. The molecule has 2 aliphatic rings. The molecule has 2 saturated heterocycles. The molecule has 4 amide bonds. The number of halogens is 1. The van der Waals surface area contributed by atoms with Gasteiger partial charge in [-0.15, -0.1) is 0 Å². The Morgan fingerprint density at radius 2 is 1.32 bits per heavy atom. The van der Waals surface area contributed by atoms with Crippen LogP contribution in [0.3, 0.4) is 0 Å². The Balaban J connectivity index is 1.17. The van der Waals surface area contributed by atoms with Crippen molar-refractivity contribution in [2.75, 3.05) is 19.6 Å². The molecule has 0 spiro atoms. The predicted octanol–water partition coefficient (Wildman–Crippen LogP) is 6.71. The van der Waals surface area contributed by atoms with Gasteiger partial charge in [0.1, 0.15) is 24.6 Å². The zero-order valence-corrected chi connectivity index (χ0v) is 30.1. The van der Waals surface area contributed by atoms with E-state index in [0.29, 0.717) is 43.4 Å². The van der Waals surface area contributed by atoms with Crippen LogP contribution < -0.4 is 10.1 Å². The second-order valence-electron chi connectivity index (χ2n) is 13.4. The Kier molecular flexibility index (Phi) is 11.3. The largest absolute Gasteiger partial charge is 0.489 e. The summed E-state index contributed by atoms with van der Waals surface area (Å²) in [4.78, 5) is 46.4. The first-order chi connectivity index (χ1) is 25.9. The van der Waals surface area contributed by atoms with Crippen LogP contribution in [0.5, 0.6) is 5.75 Å². The molecule has 0 aliphatic carbocycles. The molecule has 2 aliphatic heterocycles. The third-order valence-corrected chi connectivity index (χ3v) is 9.97. The molecule has 2 fully saturated rings. The molecule has 2 atom stereocenters. The van der Waals surface area contributed by atoms with E-state index in [4.69, 9.17) is 16.3 Å². The molecular formula is C43H42ClN5O4. The molecule has 9 nitrogen and oxygen atoms in total. The maximum absolute atomic E-state index is 14.4. The minimum absolute atomic E-state index is 0.0506. The van der Waals surface area contributed by atoms with E-state index < -0.39 is 12.2 Å². The summed E-state index contributed by atoms with van der Waals surface area (Å²) in [5.74, 6) is 0.368. The van der Waals surface area contributed by atoms with Crippen molar-refractivity contribution in [2.45, 2.75) is 44.7 Å². The fourth-order valence-electron chi connectivity index (χ4n) is 6.98. The molecule has 53 heavy (non-hydrogen) atoms. The third kappa shape index (κ3) is 8.88. The van der Waals surface area contributed by atoms with Gasteiger partial charge < -0.3 is 19.9 Å². The smallest absolute Gasteiger partial charge is 0.334 e. The van der Waals surface area contributed by atoms with Crippen LogP contribution in [0.15, 0.2) is 140 Å². The van der Waals surface area contributed by atoms with Crippen LogP contribution in [0.2, 0.25) is 5.02 Å². The van der Waals surface area contributed by atoms with E-state index in [1.54, 1.807) is 14.8 Å². The normalized spacial score (nSPS) is 17.4. The lowest BCUT2D eigenvalue weighted by Gasteiger charge is -2.55. The summed E-state index contributed by atoms with van der Waals surface area (Å²) in [7, 11) is 0. The van der Waals surface area contributed by atoms with Gasteiger partial charge in [0.2, 0.25) is 11.8 Å². The number of piperazine rings is 1. The van der Waals surface area contributed by atoms with Crippen LogP contribution in [0, 0.1) is 0 Å². The van der Waals surface area contributed by atoms with Gasteiger partial charge in [0.05, 0.1) is 13.1 Å². The summed E-state index contributed by atoms with van der Waals surface area (Å²) in [6, 6.07) is 43.6. The van der Waals surface area contributed by atoms with Crippen molar-refractivity contribution in [2.24, 2.45) is 0 Å². The molecule has 0 saturated carbocycles. The van der Waals surface area contributed by atoms with Crippen LogP contribution in [-0.4, -0.2) is 69.5 Å². The molecule has 5 aromatic rings. The molecule has 1 N–H and O–H groups in total. The molecule has 270 valence electrons. The second-order valence-corrected chi connectivity index (χ2v) is 13.8. The number of nitrogens with zero attached hydrogens (tertiary/aromatic N) is 4. The topological polar surface area (TPSA) is 85.4 Å². The summed E-state index contributed by atoms with van der Waals surface area (Å²) in [5, 5.41) is 7.21. The van der Waals surface area contributed by atoms with Gasteiger partial charge in [-0.05, 0) is 58.5 Å². The van der Waals surface area contributed by atoms with E-state index in [1.165, 1.54) is 0 Å². The molecule has 0 bridgehead atoms. The van der Waals surface area contributed by atoms with Crippen molar-refractivity contribution >= 4 is 29.4 Å².